The van der Waals surface area contributed by atoms with Crippen LogP contribution < -0.4 is 10.6 Å². The Hall–Kier alpha value is -2.82. The van der Waals surface area contributed by atoms with Crippen LogP contribution in [0.25, 0.3) is 0 Å². The van der Waals surface area contributed by atoms with Crippen molar-refractivity contribution in [1.29, 1.82) is 0 Å². The summed E-state index contributed by atoms with van der Waals surface area (Å²) in [5.41, 5.74) is 10.4. The number of rotatable bonds is 2. The second-order valence-corrected chi connectivity index (χ2v) is 6.31. The predicted octanol–water partition coefficient (Wildman–Crippen LogP) is 2.20. The van der Waals surface area contributed by atoms with Crippen molar-refractivity contribution >= 4 is 23.2 Å². The number of hydrogen-bond acceptors (Lipinski definition) is 3. The Morgan fingerprint density at radius 3 is 2.79 bits per heavy atom. The van der Waals surface area contributed by atoms with Gasteiger partial charge in [-0.3, -0.25) is 9.59 Å². The van der Waals surface area contributed by atoms with Crippen LogP contribution in [0.2, 0.25) is 0 Å². The standard InChI is InChI=1S/C19H19N3O2/c20-16-8-3-9-17-15(16)7-4-10-22(17)18(23)12-21-11-13-5-1-2-6-14(13)19(21)24/h1-3,5-6,8-9H,4,7,10-12,20H2. The van der Waals surface area contributed by atoms with Crippen molar-refractivity contribution in [1.82, 2.24) is 4.90 Å². The smallest absolute Gasteiger partial charge is 0.254 e. The molecule has 2 aliphatic rings. The molecule has 0 aliphatic carbocycles. The van der Waals surface area contributed by atoms with Gasteiger partial charge in [0, 0.05) is 30.0 Å². The molecule has 5 heteroatoms. The Morgan fingerprint density at radius 1 is 1.12 bits per heavy atom. The molecule has 24 heavy (non-hydrogen) atoms. The van der Waals surface area contributed by atoms with E-state index in [0.717, 1.165) is 35.3 Å². The maximum absolute atomic E-state index is 12.8. The quantitative estimate of drug-likeness (QED) is 0.862. The molecule has 2 N–H and O–H groups in total. The van der Waals surface area contributed by atoms with Crippen LogP contribution in [0, 0.1) is 0 Å². The number of amides is 2. The van der Waals surface area contributed by atoms with Crippen LogP contribution in [0.15, 0.2) is 42.5 Å². The van der Waals surface area contributed by atoms with E-state index >= 15 is 0 Å². The van der Waals surface area contributed by atoms with Gasteiger partial charge in [-0.15, -0.1) is 0 Å². The number of benzene rings is 2. The molecule has 0 radical (unpaired) electrons. The van der Waals surface area contributed by atoms with Gasteiger partial charge in [-0.25, -0.2) is 0 Å². The molecular weight excluding hydrogens is 302 g/mol. The third-order valence-corrected chi connectivity index (χ3v) is 4.81. The summed E-state index contributed by atoms with van der Waals surface area (Å²) in [6, 6.07) is 13.2. The fourth-order valence-electron chi connectivity index (χ4n) is 3.60. The lowest BCUT2D eigenvalue weighted by Crippen LogP contribution is -2.43. The maximum Gasteiger partial charge on any atom is 0.254 e. The number of carbonyl (C=O) groups is 2. The van der Waals surface area contributed by atoms with E-state index in [1.54, 1.807) is 9.80 Å². The van der Waals surface area contributed by atoms with Crippen LogP contribution in [0.4, 0.5) is 11.4 Å². The molecule has 2 aliphatic heterocycles. The molecular formula is C19H19N3O2. The third kappa shape index (κ3) is 2.33. The second kappa shape index (κ2) is 5.67. The van der Waals surface area contributed by atoms with Gasteiger partial charge in [-0.1, -0.05) is 24.3 Å². The zero-order chi connectivity index (χ0) is 16.7. The van der Waals surface area contributed by atoms with E-state index in [0.29, 0.717) is 18.7 Å². The van der Waals surface area contributed by atoms with E-state index in [1.165, 1.54) is 0 Å². The maximum atomic E-state index is 12.8. The molecule has 2 amide bonds. The van der Waals surface area contributed by atoms with Crippen molar-refractivity contribution < 1.29 is 9.59 Å². The van der Waals surface area contributed by atoms with Gasteiger partial charge in [0.15, 0.2) is 0 Å². The largest absolute Gasteiger partial charge is 0.398 e. The number of hydrogen-bond donors (Lipinski definition) is 1. The molecule has 4 rings (SSSR count). The summed E-state index contributed by atoms with van der Waals surface area (Å²) in [4.78, 5) is 28.7. The van der Waals surface area contributed by atoms with Crippen LogP contribution in [0.1, 0.15) is 27.9 Å². The van der Waals surface area contributed by atoms with E-state index in [4.69, 9.17) is 5.73 Å². The summed E-state index contributed by atoms with van der Waals surface area (Å²) in [7, 11) is 0. The Labute approximate surface area is 140 Å². The Kier molecular flexibility index (Phi) is 3.49. The van der Waals surface area contributed by atoms with E-state index < -0.39 is 0 Å². The molecule has 5 nitrogen and oxygen atoms in total. The highest BCUT2D eigenvalue weighted by molar-refractivity contribution is 6.03. The average molecular weight is 321 g/mol. The summed E-state index contributed by atoms with van der Waals surface area (Å²) in [5.74, 6) is -0.119. The van der Waals surface area contributed by atoms with Crippen LogP contribution in [-0.2, 0) is 17.8 Å². The van der Waals surface area contributed by atoms with Crippen LogP contribution in [0.5, 0.6) is 0 Å². The minimum Gasteiger partial charge on any atom is -0.398 e. The van der Waals surface area contributed by atoms with Gasteiger partial charge in [0.25, 0.3) is 5.91 Å². The summed E-state index contributed by atoms with van der Waals surface area (Å²) in [5, 5.41) is 0. The topological polar surface area (TPSA) is 66.6 Å². The molecule has 2 heterocycles. The molecule has 0 saturated carbocycles. The Morgan fingerprint density at radius 2 is 1.96 bits per heavy atom. The number of carbonyl (C=O) groups excluding carboxylic acids is 2. The van der Waals surface area contributed by atoms with E-state index in [1.807, 2.05) is 42.5 Å². The highest BCUT2D eigenvalue weighted by Crippen LogP contribution is 2.31. The monoisotopic (exact) mass is 321 g/mol. The molecule has 122 valence electrons. The number of nitrogens with zero attached hydrogens (tertiary/aromatic N) is 2. The van der Waals surface area contributed by atoms with E-state index in [9.17, 15) is 9.59 Å². The van der Waals surface area contributed by atoms with Gasteiger partial charge in [0.1, 0.15) is 6.54 Å². The van der Waals surface area contributed by atoms with E-state index in [-0.39, 0.29) is 18.4 Å². The lowest BCUT2D eigenvalue weighted by molar-refractivity contribution is -0.119. The first-order valence-electron chi connectivity index (χ1n) is 8.20. The van der Waals surface area contributed by atoms with Crippen molar-refractivity contribution in [2.75, 3.05) is 23.7 Å². The minimum atomic E-state index is -0.0660. The van der Waals surface area contributed by atoms with Gasteiger partial charge >= 0.3 is 0 Å². The molecule has 0 atom stereocenters. The molecule has 0 bridgehead atoms. The summed E-state index contributed by atoms with van der Waals surface area (Å²) in [6.45, 7) is 1.27. The van der Waals surface area contributed by atoms with E-state index in [2.05, 4.69) is 0 Å². The molecule has 0 fully saturated rings. The summed E-state index contributed by atoms with van der Waals surface area (Å²) >= 11 is 0. The number of nitrogens with two attached hydrogens (primary N) is 1. The highest BCUT2D eigenvalue weighted by Gasteiger charge is 2.31. The third-order valence-electron chi connectivity index (χ3n) is 4.81. The van der Waals surface area contributed by atoms with Gasteiger partial charge in [-0.05, 0) is 42.2 Å². The van der Waals surface area contributed by atoms with Gasteiger partial charge in [-0.2, -0.15) is 0 Å². The first-order valence-corrected chi connectivity index (χ1v) is 8.20. The van der Waals surface area contributed by atoms with Crippen LogP contribution >= 0.6 is 0 Å². The predicted molar refractivity (Wildman–Crippen MR) is 92.7 cm³/mol. The minimum absolute atomic E-state index is 0.0530. The van der Waals surface area contributed by atoms with Gasteiger partial charge in [0.05, 0.1) is 0 Å². The first-order chi connectivity index (χ1) is 11.6. The van der Waals surface area contributed by atoms with Gasteiger partial charge < -0.3 is 15.5 Å². The zero-order valence-electron chi connectivity index (χ0n) is 13.4. The first kappa shape index (κ1) is 14.8. The number of nitrogen functional groups attached to an aromatic ring is 1. The van der Waals surface area contributed by atoms with Crippen molar-refractivity contribution in [2.24, 2.45) is 0 Å². The average Bonchev–Trinajstić information content (AvgIpc) is 2.91. The fraction of sp³-hybridized carbons (Fsp3) is 0.263. The number of fused-ring (bicyclic) bond motifs is 2. The molecule has 2 aromatic rings. The summed E-state index contributed by atoms with van der Waals surface area (Å²) < 4.78 is 0. The molecule has 0 aromatic heterocycles. The van der Waals surface area contributed by atoms with Gasteiger partial charge in [0.2, 0.25) is 5.91 Å². The molecule has 0 unspecified atom stereocenters. The van der Waals surface area contributed by atoms with Crippen molar-refractivity contribution in [2.45, 2.75) is 19.4 Å². The van der Waals surface area contributed by atoms with Crippen LogP contribution in [-0.4, -0.2) is 29.8 Å². The lowest BCUT2D eigenvalue weighted by atomic mass is 10.00. The van der Waals surface area contributed by atoms with Crippen molar-refractivity contribution in [3.8, 4) is 0 Å². The SMILES string of the molecule is Nc1cccc2c1CCCN2C(=O)CN1Cc2ccccc2C1=O. The zero-order valence-corrected chi connectivity index (χ0v) is 13.4. The van der Waals surface area contributed by atoms with Crippen LogP contribution in [0.3, 0.4) is 0 Å². The highest BCUT2D eigenvalue weighted by atomic mass is 16.2. The molecule has 2 aromatic carbocycles. The number of anilines is 2. The molecule has 0 saturated heterocycles. The van der Waals surface area contributed by atoms with Crippen molar-refractivity contribution in [3.05, 3.63) is 59.2 Å². The molecule has 0 spiro atoms. The lowest BCUT2D eigenvalue weighted by Gasteiger charge is -2.31. The summed E-state index contributed by atoms with van der Waals surface area (Å²) in [6.07, 6.45) is 1.78. The fourth-order valence-corrected chi connectivity index (χ4v) is 3.60. The Bertz CT molecular complexity index is 831. The Balaban J connectivity index is 1.55. The normalized spacial score (nSPS) is 16.1. The second-order valence-electron chi connectivity index (χ2n) is 6.31. The van der Waals surface area contributed by atoms with Crippen molar-refractivity contribution in [3.63, 3.8) is 0 Å².